The molecule has 1 aromatic heterocycles. The molecule has 3 heterocycles. The molecule has 0 radical (unpaired) electrons. The molecule has 2 aliphatic heterocycles. The molecule has 1 aromatic carbocycles. The van der Waals surface area contributed by atoms with Gasteiger partial charge < -0.3 is 29.9 Å². The molecule has 1 saturated heterocycles. The molecule has 1 unspecified atom stereocenters. The number of amides is 1. The summed E-state index contributed by atoms with van der Waals surface area (Å²) in [6.45, 7) is 5.18. The number of carbonyl (C=O) groups excluding carboxylic acids is 1. The number of carbonyl (C=O) groups is 1. The largest absolute Gasteiger partial charge is 0.454 e. The number of hydrogen-bond acceptors (Lipinski definition) is 7. The predicted octanol–water partition coefficient (Wildman–Crippen LogP) is 2.01. The Kier molecular flexibility index (Phi) is 8.20. The van der Waals surface area contributed by atoms with Crippen molar-refractivity contribution >= 4 is 13.0 Å². The Labute approximate surface area is 195 Å². The number of hydrogen-bond donors (Lipinski definition) is 3. The minimum Gasteiger partial charge on any atom is -0.454 e. The third kappa shape index (κ3) is 6.46. The Hall–Kier alpha value is -2.62. The smallest absolute Gasteiger partial charge is 0.376 e. The third-order valence-corrected chi connectivity index (χ3v) is 6.53. The summed E-state index contributed by atoms with van der Waals surface area (Å²) in [5.74, 6) is 1.93. The van der Waals surface area contributed by atoms with E-state index >= 15 is 0 Å². The Morgan fingerprint density at radius 2 is 1.94 bits per heavy atom. The number of nitrogens with zero attached hydrogens (tertiary/aromatic N) is 2. The molecule has 0 spiro atoms. The molecule has 0 bridgehead atoms. The van der Waals surface area contributed by atoms with Crippen LogP contribution in [0.15, 0.2) is 42.7 Å². The first-order chi connectivity index (χ1) is 16.1. The van der Waals surface area contributed by atoms with E-state index in [9.17, 15) is 9.82 Å². The lowest BCUT2D eigenvalue weighted by molar-refractivity contribution is -0.123. The summed E-state index contributed by atoms with van der Waals surface area (Å²) < 4.78 is 10.9. The summed E-state index contributed by atoms with van der Waals surface area (Å²) >= 11 is 0. The van der Waals surface area contributed by atoms with Crippen molar-refractivity contribution in [3.05, 3.63) is 53.9 Å². The van der Waals surface area contributed by atoms with Crippen LogP contribution in [0.3, 0.4) is 0 Å². The van der Waals surface area contributed by atoms with Crippen LogP contribution >= 0.6 is 0 Å². The molecule has 2 aromatic rings. The van der Waals surface area contributed by atoms with E-state index < -0.39 is 6.04 Å². The minimum atomic E-state index is -0.463. The molecule has 1 amide bonds. The Morgan fingerprint density at radius 1 is 1.18 bits per heavy atom. The SMILES string of the molecule is CB(O)N1CCC(CCNC(C(=O)NCCc2ccncc2)c2ccc3c(c2)OCO3)CC1. The zero-order valence-electron chi connectivity index (χ0n) is 19.2. The van der Waals surface area contributed by atoms with E-state index in [0.717, 1.165) is 56.4 Å². The van der Waals surface area contributed by atoms with Gasteiger partial charge >= 0.3 is 7.05 Å². The van der Waals surface area contributed by atoms with Crippen LogP contribution in [0.1, 0.15) is 36.4 Å². The molecular weight excluding hydrogens is 419 g/mol. The van der Waals surface area contributed by atoms with E-state index in [1.54, 1.807) is 12.4 Å². The van der Waals surface area contributed by atoms with E-state index in [1.165, 1.54) is 0 Å². The van der Waals surface area contributed by atoms with Gasteiger partial charge in [0.25, 0.3) is 0 Å². The fraction of sp³-hybridized carbons (Fsp3) is 0.500. The number of rotatable bonds is 10. The second kappa shape index (κ2) is 11.5. The molecule has 176 valence electrons. The topological polar surface area (TPSA) is 96.0 Å². The number of fused-ring (bicyclic) bond motifs is 1. The standard InChI is InChI=1S/C24H33BN4O4/c1-25(31)29-14-8-19(9-15-29)6-12-27-23(20-2-3-21-22(16-20)33-17-32-21)24(30)28-13-7-18-4-10-26-11-5-18/h2-5,10-11,16,19,23,27,31H,6-9,12-15,17H2,1H3,(H,28,30). The average molecular weight is 452 g/mol. The minimum absolute atomic E-state index is 0.0492. The molecule has 1 atom stereocenters. The number of ether oxygens (including phenoxy) is 2. The fourth-order valence-corrected chi connectivity index (χ4v) is 4.48. The van der Waals surface area contributed by atoms with Crippen LogP contribution in [-0.4, -0.2) is 60.7 Å². The molecular formula is C24H33BN4O4. The van der Waals surface area contributed by atoms with E-state index in [-0.39, 0.29) is 19.8 Å². The first-order valence-electron chi connectivity index (χ1n) is 11.8. The summed E-state index contributed by atoms with van der Waals surface area (Å²) in [4.78, 5) is 19.3. The molecule has 9 heteroatoms. The van der Waals surface area contributed by atoms with E-state index in [1.807, 2.05) is 37.2 Å². The van der Waals surface area contributed by atoms with Gasteiger partial charge in [-0.15, -0.1) is 0 Å². The van der Waals surface area contributed by atoms with Crippen LogP contribution in [0.4, 0.5) is 0 Å². The normalized spacial score (nSPS) is 17.0. The summed E-state index contributed by atoms with van der Waals surface area (Å²) in [7, 11) is -0.379. The second-order valence-electron chi connectivity index (χ2n) is 8.80. The van der Waals surface area contributed by atoms with Crippen molar-refractivity contribution in [2.45, 2.75) is 38.5 Å². The third-order valence-electron chi connectivity index (χ3n) is 6.53. The molecule has 33 heavy (non-hydrogen) atoms. The molecule has 0 aliphatic carbocycles. The van der Waals surface area contributed by atoms with Gasteiger partial charge in [-0.1, -0.05) is 6.07 Å². The quantitative estimate of drug-likeness (QED) is 0.475. The highest BCUT2D eigenvalue weighted by Crippen LogP contribution is 2.34. The van der Waals surface area contributed by atoms with Crippen LogP contribution in [-0.2, 0) is 11.2 Å². The Morgan fingerprint density at radius 3 is 2.70 bits per heavy atom. The van der Waals surface area contributed by atoms with Gasteiger partial charge in [0.15, 0.2) is 11.5 Å². The predicted molar refractivity (Wildman–Crippen MR) is 127 cm³/mol. The maximum Gasteiger partial charge on any atom is 0.376 e. The van der Waals surface area contributed by atoms with E-state index in [0.29, 0.717) is 24.0 Å². The van der Waals surface area contributed by atoms with Crippen molar-refractivity contribution in [1.29, 1.82) is 0 Å². The van der Waals surface area contributed by atoms with Crippen LogP contribution in [0, 0.1) is 5.92 Å². The summed E-state index contributed by atoms with van der Waals surface area (Å²) in [5.41, 5.74) is 2.01. The van der Waals surface area contributed by atoms with Crippen LogP contribution in [0.25, 0.3) is 0 Å². The number of aromatic nitrogens is 1. The highest BCUT2D eigenvalue weighted by atomic mass is 16.7. The van der Waals surface area contributed by atoms with Crippen LogP contribution < -0.4 is 20.1 Å². The van der Waals surface area contributed by atoms with Crippen molar-refractivity contribution in [1.82, 2.24) is 20.4 Å². The number of benzene rings is 1. The molecule has 0 saturated carbocycles. The van der Waals surface area contributed by atoms with Gasteiger partial charge in [0.2, 0.25) is 12.7 Å². The second-order valence-corrected chi connectivity index (χ2v) is 8.80. The highest BCUT2D eigenvalue weighted by molar-refractivity contribution is 6.45. The first-order valence-corrected chi connectivity index (χ1v) is 11.8. The molecule has 2 aliphatic rings. The zero-order chi connectivity index (χ0) is 23.0. The molecule has 3 N–H and O–H groups in total. The lowest BCUT2D eigenvalue weighted by Crippen LogP contribution is -2.43. The van der Waals surface area contributed by atoms with Gasteiger partial charge in [-0.3, -0.25) is 9.78 Å². The lowest BCUT2D eigenvalue weighted by Gasteiger charge is -2.32. The van der Waals surface area contributed by atoms with Gasteiger partial charge in [0.1, 0.15) is 6.04 Å². The summed E-state index contributed by atoms with van der Waals surface area (Å²) in [6, 6.07) is 9.14. The maximum atomic E-state index is 13.1. The maximum absolute atomic E-state index is 13.1. The van der Waals surface area contributed by atoms with Gasteiger partial charge in [0.05, 0.1) is 0 Å². The highest BCUT2D eigenvalue weighted by Gasteiger charge is 2.26. The monoisotopic (exact) mass is 452 g/mol. The Bertz CT molecular complexity index is 907. The van der Waals surface area contributed by atoms with Crippen LogP contribution in [0.5, 0.6) is 11.5 Å². The average Bonchev–Trinajstić information content (AvgIpc) is 3.31. The van der Waals surface area contributed by atoms with Crippen molar-refractivity contribution in [3.63, 3.8) is 0 Å². The fourth-order valence-electron chi connectivity index (χ4n) is 4.48. The van der Waals surface area contributed by atoms with Gasteiger partial charge in [-0.2, -0.15) is 0 Å². The summed E-state index contributed by atoms with van der Waals surface area (Å²) in [6.07, 6.45) is 7.42. The number of nitrogens with one attached hydrogen (secondary N) is 2. The van der Waals surface area contributed by atoms with Crippen LogP contribution in [0.2, 0.25) is 6.82 Å². The number of piperidine rings is 1. The van der Waals surface area contributed by atoms with Gasteiger partial charge in [-0.25, -0.2) is 0 Å². The molecule has 4 rings (SSSR count). The van der Waals surface area contributed by atoms with E-state index in [2.05, 4.69) is 20.4 Å². The zero-order valence-corrected chi connectivity index (χ0v) is 19.2. The lowest BCUT2D eigenvalue weighted by atomic mass is 9.80. The van der Waals surface area contributed by atoms with Gasteiger partial charge in [-0.05, 0) is 93.5 Å². The van der Waals surface area contributed by atoms with Gasteiger partial charge in [0, 0.05) is 18.9 Å². The van der Waals surface area contributed by atoms with Crippen molar-refractivity contribution in [2.24, 2.45) is 5.92 Å². The van der Waals surface area contributed by atoms with E-state index in [4.69, 9.17) is 9.47 Å². The molecule has 8 nitrogen and oxygen atoms in total. The van der Waals surface area contributed by atoms with Crippen molar-refractivity contribution < 1.29 is 19.3 Å². The summed E-state index contributed by atoms with van der Waals surface area (Å²) in [5, 5.41) is 16.3. The Balaban J connectivity index is 1.34. The van der Waals surface area contributed by atoms with Crippen molar-refractivity contribution in [2.75, 3.05) is 33.0 Å². The van der Waals surface area contributed by atoms with Crippen molar-refractivity contribution in [3.8, 4) is 11.5 Å². The number of pyridine rings is 1. The first kappa shape index (κ1) is 23.5. The molecule has 1 fully saturated rings.